The van der Waals surface area contributed by atoms with E-state index in [4.69, 9.17) is 9.94 Å². The van der Waals surface area contributed by atoms with Crippen LogP contribution in [0, 0.1) is 5.92 Å². The maximum atomic E-state index is 12.2. The van der Waals surface area contributed by atoms with Crippen LogP contribution in [0.25, 0.3) is 0 Å². The lowest BCUT2D eigenvalue weighted by atomic mass is 9.95. The molecule has 0 aromatic carbocycles. The van der Waals surface area contributed by atoms with Crippen LogP contribution < -0.4 is 0 Å². The van der Waals surface area contributed by atoms with E-state index in [-0.39, 0.29) is 38.3 Å². The van der Waals surface area contributed by atoms with Crippen LogP contribution in [0.15, 0.2) is 0 Å². The van der Waals surface area contributed by atoms with Crippen molar-refractivity contribution in [3.05, 3.63) is 0 Å². The van der Waals surface area contributed by atoms with Gasteiger partial charge in [0.2, 0.25) is 0 Å². The van der Waals surface area contributed by atoms with Crippen molar-refractivity contribution in [3.63, 3.8) is 0 Å². The third-order valence-electron chi connectivity index (χ3n) is 5.09. The van der Waals surface area contributed by atoms with Crippen molar-refractivity contribution >= 4 is 30.0 Å². The van der Waals surface area contributed by atoms with Crippen molar-refractivity contribution < 1.29 is 33.9 Å². The summed E-state index contributed by atoms with van der Waals surface area (Å²) in [5, 5.41) is 9.46. The molecule has 10 heteroatoms. The number of hydroxylamine groups is 2. The highest BCUT2D eigenvalue weighted by atomic mass is 16.7. The van der Waals surface area contributed by atoms with Gasteiger partial charge in [-0.2, -0.15) is 0 Å². The number of hydrogen-bond acceptors (Lipinski definition) is 8. The van der Waals surface area contributed by atoms with Crippen molar-refractivity contribution in [1.82, 2.24) is 14.9 Å². The third-order valence-corrected chi connectivity index (χ3v) is 5.09. The largest absolute Gasteiger partial charge is 0.481 e. The molecule has 0 aliphatic carbocycles. The SMILES string of the molecule is O=CCN1CCC(CCC(=O)O)CCN(CC(=O)ON2C(=O)CCC2=O)CC1. The monoisotopic (exact) mass is 397 g/mol. The summed E-state index contributed by atoms with van der Waals surface area (Å²) >= 11 is 0. The van der Waals surface area contributed by atoms with Gasteiger partial charge in [-0.25, -0.2) is 4.79 Å². The molecule has 2 heterocycles. The van der Waals surface area contributed by atoms with Crippen LogP contribution in [-0.4, -0.2) is 89.3 Å². The molecular weight excluding hydrogens is 370 g/mol. The Morgan fingerprint density at radius 1 is 1.04 bits per heavy atom. The summed E-state index contributed by atoms with van der Waals surface area (Å²) < 4.78 is 0. The van der Waals surface area contributed by atoms with Crippen LogP contribution in [0.5, 0.6) is 0 Å². The van der Waals surface area contributed by atoms with E-state index in [2.05, 4.69) is 0 Å². The standard InChI is InChI=1S/C18H27N3O7/c22-12-11-19-7-5-14(1-4-17(25)26)6-8-20(10-9-19)13-18(27)28-21-15(23)2-3-16(21)24/h12,14H,1-11,13H2,(H,25,26). The summed E-state index contributed by atoms with van der Waals surface area (Å²) in [6, 6.07) is 0. The summed E-state index contributed by atoms with van der Waals surface area (Å²) in [7, 11) is 0. The van der Waals surface area contributed by atoms with E-state index in [1.807, 2.05) is 9.80 Å². The lowest BCUT2D eigenvalue weighted by molar-refractivity contribution is -0.198. The number of carbonyl (C=O) groups excluding carboxylic acids is 4. The summed E-state index contributed by atoms with van der Waals surface area (Å²) in [6.07, 6.45) is 3.04. The number of carboxylic acid groups (broad SMARTS) is 1. The average molecular weight is 397 g/mol. The fraction of sp³-hybridized carbons (Fsp3) is 0.722. The maximum Gasteiger partial charge on any atom is 0.347 e. The van der Waals surface area contributed by atoms with Crippen molar-refractivity contribution in [2.45, 2.75) is 38.5 Å². The first-order valence-electron chi connectivity index (χ1n) is 9.55. The quantitative estimate of drug-likeness (QED) is 0.433. The number of imide groups is 1. The second-order valence-electron chi connectivity index (χ2n) is 7.16. The fourth-order valence-electron chi connectivity index (χ4n) is 3.41. The first kappa shape index (κ1) is 22.0. The second kappa shape index (κ2) is 10.9. The van der Waals surface area contributed by atoms with E-state index in [1.54, 1.807) is 0 Å². The fourth-order valence-corrected chi connectivity index (χ4v) is 3.41. The molecule has 10 nitrogen and oxygen atoms in total. The van der Waals surface area contributed by atoms with Crippen LogP contribution in [0.1, 0.15) is 38.5 Å². The molecule has 2 aliphatic rings. The Labute approximate surface area is 163 Å². The molecule has 2 rings (SSSR count). The highest BCUT2D eigenvalue weighted by Crippen LogP contribution is 2.19. The van der Waals surface area contributed by atoms with Crippen molar-refractivity contribution in [2.75, 3.05) is 39.3 Å². The molecule has 156 valence electrons. The van der Waals surface area contributed by atoms with Crippen LogP contribution in [-0.2, 0) is 28.8 Å². The number of hydrogen-bond donors (Lipinski definition) is 1. The summed E-state index contributed by atoms with van der Waals surface area (Å²) in [6.45, 7) is 2.56. The van der Waals surface area contributed by atoms with Gasteiger partial charge < -0.3 is 14.7 Å². The van der Waals surface area contributed by atoms with Gasteiger partial charge in [0, 0.05) is 32.4 Å². The zero-order chi connectivity index (χ0) is 20.5. The van der Waals surface area contributed by atoms with Crippen molar-refractivity contribution in [3.8, 4) is 0 Å². The summed E-state index contributed by atoms with van der Waals surface area (Å²) in [5.41, 5.74) is 0. The minimum Gasteiger partial charge on any atom is -0.481 e. The first-order chi connectivity index (χ1) is 13.4. The number of nitrogens with zero attached hydrogens (tertiary/aromatic N) is 3. The van der Waals surface area contributed by atoms with Gasteiger partial charge >= 0.3 is 11.9 Å². The molecule has 0 spiro atoms. The molecule has 1 unspecified atom stereocenters. The van der Waals surface area contributed by atoms with E-state index >= 15 is 0 Å². The van der Waals surface area contributed by atoms with Gasteiger partial charge in [-0.3, -0.25) is 24.2 Å². The number of amides is 2. The summed E-state index contributed by atoms with van der Waals surface area (Å²) in [5.74, 6) is -2.40. The molecule has 0 saturated carbocycles. The molecular formula is C18H27N3O7. The number of rotatable bonds is 8. The smallest absolute Gasteiger partial charge is 0.347 e. The van der Waals surface area contributed by atoms with E-state index < -0.39 is 23.8 Å². The van der Waals surface area contributed by atoms with Crippen LogP contribution in [0.4, 0.5) is 0 Å². The topological polar surface area (TPSA) is 125 Å². The molecule has 1 N–H and O–H groups in total. The zero-order valence-corrected chi connectivity index (χ0v) is 15.9. The predicted octanol–water partition coefficient (Wildman–Crippen LogP) is -0.329. The van der Waals surface area contributed by atoms with Crippen LogP contribution in [0.3, 0.4) is 0 Å². The van der Waals surface area contributed by atoms with E-state index in [1.165, 1.54) is 0 Å². The normalized spacial score (nSPS) is 22.4. The molecule has 28 heavy (non-hydrogen) atoms. The highest BCUT2D eigenvalue weighted by Gasteiger charge is 2.33. The molecule has 2 aliphatic heterocycles. The van der Waals surface area contributed by atoms with Crippen molar-refractivity contribution in [1.29, 1.82) is 0 Å². The average Bonchev–Trinajstić information content (AvgIpc) is 2.99. The Kier molecular flexibility index (Phi) is 8.52. The minimum atomic E-state index is -0.843. The van der Waals surface area contributed by atoms with Gasteiger partial charge in [0.1, 0.15) is 6.29 Å². The number of aliphatic carboxylic acids is 1. The molecule has 0 aromatic heterocycles. The second-order valence-corrected chi connectivity index (χ2v) is 7.16. The molecule has 0 bridgehead atoms. The van der Waals surface area contributed by atoms with E-state index in [0.29, 0.717) is 37.7 Å². The summed E-state index contributed by atoms with van der Waals surface area (Å²) in [4.78, 5) is 65.8. The van der Waals surface area contributed by atoms with E-state index in [9.17, 15) is 24.0 Å². The predicted molar refractivity (Wildman–Crippen MR) is 95.7 cm³/mol. The van der Waals surface area contributed by atoms with Gasteiger partial charge in [0.15, 0.2) is 0 Å². The third kappa shape index (κ3) is 7.01. The van der Waals surface area contributed by atoms with Crippen molar-refractivity contribution in [2.24, 2.45) is 5.92 Å². The molecule has 2 fully saturated rings. The highest BCUT2D eigenvalue weighted by molar-refractivity contribution is 6.01. The van der Waals surface area contributed by atoms with Gasteiger partial charge in [-0.15, -0.1) is 5.06 Å². The lowest BCUT2D eigenvalue weighted by Gasteiger charge is -2.24. The Hall–Kier alpha value is -2.33. The first-order valence-corrected chi connectivity index (χ1v) is 9.55. The Bertz CT molecular complexity index is 594. The van der Waals surface area contributed by atoms with Crippen LogP contribution in [0.2, 0.25) is 0 Å². The lowest BCUT2D eigenvalue weighted by Crippen LogP contribution is -2.41. The molecule has 2 amide bonds. The zero-order valence-electron chi connectivity index (χ0n) is 15.9. The minimum absolute atomic E-state index is 0.0434. The Balaban J connectivity index is 1.93. The molecule has 2 saturated heterocycles. The van der Waals surface area contributed by atoms with Gasteiger partial charge in [0.25, 0.3) is 11.8 Å². The Morgan fingerprint density at radius 3 is 2.25 bits per heavy atom. The van der Waals surface area contributed by atoms with Gasteiger partial charge in [-0.05, 0) is 38.3 Å². The Morgan fingerprint density at radius 2 is 1.64 bits per heavy atom. The number of carboxylic acids is 1. The van der Waals surface area contributed by atoms with Gasteiger partial charge in [-0.1, -0.05) is 0 Å². The number of carbonyl (C=O) groups is 5. The molecule has 0 aromatic rings. The van der Waals surface area contributed by atoms with Gasteiger partial charge in [0.05, 0.1) is 13.1 Å². The number of aldehydes is 1. The van der Waals surface area contributed by atoms with Crippen LogP contribution >= 0.6 is 0 Å². The van der Waals surface area contributed by atoms with E-state index in [0.717, 1.165) is 19.1 Å². The molecule has 1 atom stereocenters. The molecule has 0 radical (unpaired) electrons. The maximum absolute atomic E-state index is 12.2.